The van der Waals surface area contributed by atoms with E-state index in [0.29, 0.717) is 22.3 Å². The van der Waals surface area contributed by atoms with Gasteiger partial charge >= 0.3 is 17.5 Å². The summed E-state index contributed by atoms with van der Waals surface area (Å²) in [6.45, 7) is 6.42. The van der Waals surface area contributed by atoms with Crippen molar-refractivity contribution in [1.29, 1.82) is 0 Å². The van der Waals surface area contributed by atoms with E-state index in [0.717, 1.165) is 0 Å². The van der Waals surface area contributed by atoms with Crippen LogP contribution in [0, 0.1) is 47.9 Å². The van der Waals surface area contributed by atoms with Gasteiger partial charge in [0.25, 0.3) is 0 Å². The second kappa shape index (κ2) is 7.18. The first-order chi connectivity index (χ1) is 12.1. The van der Waals surface area contributed by atoms with E-state index in [-0.39, 0.29) is 11.5 Å². The number of aryl methyl sites for hydroxylation is 4. The highest BCUT2D eigenvalue weighted by Crippen LogP contribution is 2.35. The Labute approximate surface area is 148 Å². The quantitative estimate of drug-likeness (QED) is 0.344. The lowest BCUT2D eigenvalue weighted by Gasteiger charge is -2.11. The average molecular weight is 360 g/mol. The van der Waals surface area contributed by atoms with Gasteiger partial charge in [-0.25, -0.2) is 4.79 Å². The topological polar surface area (TPSA) is 122 Å². The number of hydrogen-bond acceptors (Lipinski definition) is 7. The first-order valence-electron chi connectivity index (χ1n) is 7.51. The Morgan fingerprint density at radius 3 is 1.42 bits per heavy atom. The molecule has 0 fully saturated rings. The third-order valence-electron chi connectivity index (χ3n) is 3.56. The van der Waals surface area contributed by atoms with Crippen molar-refractivity contribution in [3.8, 4) is 11.5 Å². The molecule has 0 aromatic heterocycles. The number of rotatable bonds is 4. The zero-order valence-electron chi connectivity index (χ0n) is 14.6. The third-order valence-corrected chi connectivity index (χ3v) is 3.56. The van der Waals surface area contributed by atoms with E-state index < -0.39 is 27.4 Å². The van der Waals surface area contributed by atoms with Crippen LogP contribution in [0.3, 0.4) is 0 Å². The maximum Gasteiger partial charge on any atom is 0.519 e. The minimum absolute atomic E-state index is 0.266. The summed E-state index contributed by atoms with van der Waals surface area (Å²) in [4.78, 5) is 33.1. The summed E-state index contributed by atoms with van der Waals surface area (Å²) in [5.74, 6) is -0.531. The highest BCUT2D eigenvalue weighted by atomic mass is 16.7. The standard InChI is InChI=1S/C17H16N2O7/c1-9-5-11(3)15(13(7-9)18(21)22)25-17(20)26-16-12(4)6-10(2)8-14(16)19(23)24/h5-8H,1-4H3. The van der Waals surface area contributed by atoms with Gasteiger partial charge in [-0.3, -0.25) is 20.2 Å². The Balaban J connectivity index is 2.37. The van der Waals surface area contributed by atoms with Crippen LogP contribution in [0.4, 0.5) is 16.2 Å². The Kier molecular flexibility index (Phi) is 5.20. The van der Waals surface area contributed by atoms with E-state index in [4.69, 9.17) is 9.47 Å². The van der Waals surface area contributed by atoms with Gasteiger partial charge < -0.3 is 9.47 Å². The molecule has 0 saturated carbocycles. The van der Waals surface area contributed by atoms with Crippen molar-refractivity contribution in [3.05, 3.63) is 66.7 Å². The second-order valence-electron chi connectivity index (χ2n) is 5.83. The van der Waals surface area contributed by atoms with Gasteiger partial charge in [-0.1, -0.05) is 12.1 Å². The molecule has 0 heterocycles. The molecule has 0 bridgehead atoms. The number of carbonyl (C=O) groups excluding carboxylic acids is 1. The van der Waals surface area contributed by atoms with Crippen molar-refractivity contribution in [2.45, 2.75) is 27.7 Å². The van der Waals surface area contributed by atoms with Crippen LogP contribution in [0.15, 0.2) is 24.3 Å². The molecule has 136 valence electrons. The first kappa shape index (κ1) is 18.8. The number of nitro groups is 2. The Morgan fingerprint density at radius 1 is 0.769 bits per heavy atom. The lowest BCUT2D eigenvalue weighted by molar-refractivity contribution is -0.386. The highest BCUT2D eigenvalue weighted by molar-refractivity contribution is 5.73. The van der Waals surface area contributed by atoms with Crippen molar-refractivity contribution in [2.24, 2.45) is 0 Å². The van der Waals surface area contributed by atoms with Gasteiger partial charge in [-0.2, -0.15) is 0 Å². The van der Waals surface area contributed by atoms with Crippen molar-refractivity contribution < 1.29 is 24.1 Å². The monoisotopic (exact) mass is 360 g/mol. The Bertz CT molecular complexity index is 848. The molecule has 9 heteroatoms. The van der Waals surface area contributed by atoms with Crippen LogP contribution in [0.5, 0.6) is 11.5 Å². The molecule has 0 radical (unpaired) electrons. The molecule has 0 aliphatic rings. The van der Waals surface area contributed by atoms with Gasteiger partial charge in [0.15, 0.2) is 0 Å². The molecule has 0 spiro atoms. The van der Waals surface area contributed by atoms with E-state index in [1.54, 1.807) is 39.8 Å². The summed E-state index contributed by atoms with van der Waals surface area (Å²) in [5, 5.41) is 22.4. The van der Waals surface area contributed by atoms with Gasteiger partial charge in [0, 0.05) is 12.1 Å². The van der Waals surface area contributed by atoms with Crippen molar-refractivity contribution in [1.82, 2.24) is 0 Å². The predicted octanol–water partition coefficient (Wildman–Crippen LogP) is 4.31. The first-order valence-corrected chi connectivity index (χ1v) is 7.51. The van der Waals surface area contributed by atoms with E-state index in [2.05, 4.69) is 0 Å². The molecule has 2 aromatic rings. The zero-order valence-corrected chi connectivity index (χ0v) is 14.6. The highest BCUT2D eigenvalue weighted by Gasteiger charge is 2.26. The van der Waals surface area contributed by atoms with Crippen LogP contribution in [-0.2, 0) is 0 Å². The van der Waals surface area contributed by atoms with E-state index in [9.17, 15) is 25.0 Å². The van der Waals surface area contributed by atoms with Crippen LogP contribution in [0.1, 0.15) is 22.3 Å². The smallest absolute Gasteiger partial charge is 0.387 e. The number of benzene rings is 2. The van der Waals surface area contributed by atoms with Crippen molar-refractivity contribution >= 4 is 17.5 Å². The molecule has 0 aliphatic heterocycles. The maximum absolute atomic E-state index is 12.1. The molecular formula is C17H16N2O7. The number of hydrogen-bond donors (Lipinski definition) is 0. The van der Waals surface area contributed by atoms with Crippen LogP contribution in [-0.4, -0.2) is 16.0 Å². The van der Waals surface area contributed by atoms with E-state index >= 15 is 0 Å². The number of nitro benzene ring substituents is 2. The summed E-state index contributed by atoms with van der Waals surface area (Å²) < 4.78 is 9.98. The van der Waals surface area contributed by atoms with Crippen LogP contribution in [0.2, 0.25) is 0 Å². The molecule has 2 aromatic carbocycles. The third kappa shape index (κ3) is 3.94. The maximum atomic E-state index is 12.1. The SMILES string of the molecule is Cc1cc(C)c(OC(=O)Oc2c(C)cc(C)cc2[N+](=O)[O-])c([N+](=O)[O-])c1. The molecular weight excluding hydrogens is 344 g/mol. The van der Waals surface area contributed by atoms with Gasteiger partial charge in [-0.05, 0) is 49.9 Å². The van der Waals surface area contributed by atoms with Gasteiger partial charge in [0.05, 0.1) is 9.85 Å². The van der Waals surface area contributed by atoms with Gasteiger partial charge in [0.1, 0.15) is 0 Å². The predicted molar refractivity (Wildman–Crippen MR) is 91.8 cm³/mol. The summed E-state index contributed by atoms with van der Waals surface area (Å²) in [6, 6.07) is 5.73. The summed E-state index contributed by atoms with van der Waals surface area (Å²) in [6.07, 6.45) is -1.30. The summed E-state index contributed by atoms with van der Waals surface area (Å²) in [5.41, 5.74) is 1.19. The van der Waals surface area contributed by atoms with E-state index in [1.807, 2.05) is 0 Å². The zero-order chi connectivity index (χ0) is 19.6. The molecule has 0 N–H and O–H groups in total. The second-order valence-corrected chi connectivity index (χ2v) is 5.83. The Hall–Kier alpha value is -3.49. The summed E-state index contributed by atoms with van der Waals surface area (Å²) >= 11 is 0. The molecule has 0 saturated heterocycles. The number of nitrogens with zero attached hydrogens (tertiary/aromatic N) is 2. The average Bonchev–Trinajstić information content (AvgIpc) is 2.51. The Morgan fingerprint density at radius 2 is 1.12 bits per heavy atom. The largest absolute Gasteiger partial charge is 0.519 e. The molecule has 26 heavy (non-hydrogen) atoms. The number of carbonyl (C=O) groups is 1. The molecule has 0 amide bonds. The molecule has 0 unspecified atom stereocenters. The number of ether oxygens (including phenoxy) is 2. The molecule has 9 nitrogen and oxygen atoms in total. The fourth-order valence-corrected chi connectivity index (χ4v) is 2.59. The van der Waals surface area contributed by atoms with E-state index in [1.165, 1.54) is 12.1 Å². The normalized spacial score (nSPS) is 10.3. The van der Waals surface area contributed by atoms with Crippen molar-refractivity contribution in [3.63, 3.8) is 0 Å². The minimum atomic E-state index is -1.30. The van der Waals surface area contributed by atoms with Crippen LogP contribution < -0.4 is 9.47 Å². The summed E-state index contributed by atoms with van der Waals surface area (Å²) in [7, 11) is 0. The fraction of sp³-hybridized carbons (Fsp3) is 0.235. The van der Waals surface area contributed by atoms with Crippen LogP contribution >= 0.6 is 0 Å². The van der Waals surface area contributed by atoms with Crippen LogP contribution in [0.25, 0.3) is 0 Å². The van der Waals surface area contributed by atoms with Gasteiger partial charge in [-0.15, -0.1) is 0 Å². The minimum Gasteiger partial charge on any atom is -0.387 e. The fourth-order valence-electron chi connectivity index (χ4n) is 2.59. The molecule has 0 aliphatic carbocycles. The molecule has 2 rings (SSSR count). The molecule has 0 atom stereocenters. The van der Waals surface area contributed by atoms with Gasteiger partial charge in [0.2, 0.25) is 11.5 Å². The van der Waals surface area contributed by atoms with Crippen molar-refractivity contribution in [2.75, 3.05) is 0 Å². The lowest BCUT2D eigenvalue weighted by Crippen LogP contribution is -2.17. The lowest BCUT2D eigenvalue weighted by atomic mass is 10.1.